The van der Waals surface area contributed by atoms with Crippen molar-refractivity contribution in [2.24, 2.45) is 7.05 Å². The van der Waals surface area contributed by atoms with Crippen LogP contribution in [0.4, 0.5) is 0 Å². The van der Waals surface area contributed by atoms with E-state index in [1.165, 1.54) is 5.69 Å². The Labute approximate surface area is 79.3 Å². The molecular formula is C9H18N4. The predicted octanol–water partition coefficient (Wildman–Crippen LogP) is 0.0375. The molecule has 2 N–H and O–H groups in total. The first-order valence-electron chi connectivity index (χ1n) is 4.59. The minimum atomic E-state index is 0.888. The minimum absolute atomic E-state index is 0.888. The summed E-state index contributed by atoms with van der Waals surface area (Å²) in [5, 5.41) is 10.7. The molecular weight excluding hydrogens is 164 g/mol. The molecule has 0 atom stereocenters. The van der Waals surface area contributed by atoms with E-state index in [0.29, 0.717) is 0 Å². The molecule has 0 bridgehead atoms. The molecule has 0 fully saturated rings. The van der Waals surface area contributed by atoms with E-state index in [1.807, 2.05) is 25.7 Å². The summed E-state index contributed by atoms with van der Waals surface area (Å²) in [6, 6.07) is 2.10. The molecule has 0 radical (unpaired) electrons. The summed E-state index contributed by atoms with van der Waals surface area (Å²) >= 11 is 0. The van der Waals surface area contributed by atoms with Crippen molar-refractivity contribution in [1.82, 2.24) is 20.4 Å². The Morgan fingerprint density at radius 1 is 1.46 bits per heavy atom. The van der Waals surface area contributed by atoms with Crippen molar-refractivity contribution >= 4 is 0 Å². The van der Waals surface area contributed by atoms with Gasteiger partial charge in [-0.3, -0.25) is 4.68 Å². The fraction of sp³-hybridized carbons (Fsp3) is 0.667. The van der Waals surface area contributed by atoms with E-state index >= 15 is 0 Å². The van der Waals surface area contributed by atoms with Crippen LogP contribution in [-0.2, 0) is 13.6 Å². The van der Waals surface area contributed by atoms with Crippen LogP contribution in [0, 0.1) is 6.92 Å². The number of nitrogens with zero attached hydrogens (tertiary/aromatic N) is 2. The molecule has 0 aliphatic heterocycles. The Morgan fingerprint density at radius 2 is 2.23 bits per heavy atom. The molecule has 13 heavy (non-hydrogen) atoms. The van der Waals surface area contributed by atoms with Crippen LogP contribution in [0.1, 0.15) is 11.4 Å². The second-order valence-corrected chi connectivity index (χ2v) is 3.18. The molecule has 1 rings (SSSR count). The van der Waals surface area contributed by atoms with Gasteiger partial charge < -0.3 is 10.6 Å². The third-order valence-corrected chi connectivity index (χ3v) is 1.96. The zero-order valence-corrected chi connectivity index (χ0v) is 8.59. The maximum Gasteiger partial charge on any atom is 0.0597 e. The van der Waals surface area contributed by atoms with Crippen LogP contribution in [0.5, 0.6) is 0 Å². The highest BCUT2D eigenvalue weighted by Crippen LogP contribution is 2.00. The summed E-state index contributed by atoms with van der Waals surface area (Å²) in [6.45, 7) is 4.88. The summed E-state index contributed by atoms with van der Waals surface area (Å²) in [5.74, 6) is 0. The third kappa shape index (κ3) is 3.16. The highest BCUT2D eigenvalue weighted by molar-refractivity contribution is 5.08. The zero-order chi connectivity index (χ0) is 9.68. The van der Waals surface area contributed by atoms with Gasteiger partial charge in [-0.1, -0.05) is 0 Å². The summed E-state index contributed by atoms with van der Waals surface area (Å²) < 4.78 is 1.92. The zero-order valence-electron chi connectivity index (χ0n) is 8.59. The van der Waals surface area contributed by atoms with Gasteiger partial charge in [-0.2, -0.15) is 5.10 Å². The normalized spacial score (nSPS) is 10.7. The van der Waals surface area contributed by atoms with Crippen molar-refractivity contribution in [1.29, 1.82) is 0 Å². The maximum atomic E-state index is 4.27. The first-order valence-corrected chi connectivity index (χ1v) is 4.59. The smallest absolute Gasteiger partial charge is 0.0597 e. The van der Waals surface area contributed by atoms with Gasteiger partial charge in [-0.15, -0.1) is 0 Å². The molecule has 0 saturated heterocycles. The monoisotopic (exact) mass is 182 g/mol. The van der Waals surface area contributed by atoms with Crippen LogP contribution in [-0.4, -0.2) is 29.9 Å². The lowest BCUT2D eigenvalue weighted by Crippen LogP contribution is -2.25. The fourth-order valence-electron chi connectivity index (χ4n) is 1.26. The topological polar surface area (TPSA) is 41.9 Å². The van der Waals surface area contributed by atoms with Crippen LogP contribution in [0.25, 0.3) is 0 Å². The van der Waals surface area contributed by atoms with Gasteiger partial charge in [-0.05, 0) is 20.0 Å². The highest BCUT2D eigenvalue weighted by Gasteiger charge is 1.99. The number of hydrogen-bond donors (Lipinski definition) is 2. The second kappa shape index (κ2) is 4.99. The van der Waals surface area contributed by atoms with E-state index in [9.17, 15) is 0 Å². The Kier molecular flexibility index (Phi) is 3.92. The van der Waals surface area contributed by atoms with Crippen molar-refractivity contribution < 1.29 is 0 Å². The summed E-state index contributed by atoms with van der Waals surface area (Å²) in [7, 11) is 3.93. The standard InChI is InChI=1S/C9H18N4/c1-8-6-9(13(3)12-8)7-11-5-4-10-2/h6,10-11H,4-5,7H2,1-3H3. The first-order chi connectivity index (χ1) is 6.24. The Bertz CT molecular complexity index is 254. The largest absolute Gasteiger partial charge is 0.318 e. The average Bonchev–Trinajstić information content (AvgIpc) is 2.39. The van der Waals surface area contributed by atoms with Crippen LogP contribution in [0.3, 0.4) is 0 Å². The molecule has 4 heteroatoms. The molecule has 0 aliphatic rings. The lowest BCUT2D eigenvalue weighted by atomic mass is 10.3. The number of nitrogens with one attached hydrogen (secondary N) is 2. The Hall–Kier alpha value is -0.870. The van der Waals surface area contributed by atoms with Gasteiger partial charge in [0.15, 0.2) is 0 Å². The van der Waals surface area contributed by atoms with Gasteiger partial charge in [0.2, 0.25) is 0 Å². The molecule has 0 unspecified atom stereocenters. The summed E-state index contributed by atoms with van der Waals surface area (Å²) in [6.07, 6.45) is 0. The molecule has 0 saturated carbocycles. The average molecular weight is 182 g/mol. The first kappa shape index (κ1) is 10.2. The van der Waals surface area contributed by atoms with Crippen LogP contribution >= 0.6 is 0 Å². The molecule has 74 valence electrons. The van der Waals surface area contributed by atoms with Crippen LogP contribution in [0.15, 0.2) is 6.07 Å². The molecule has 0 spiro atoms. The molecule has 0 aromatic carbocycles. The van der Waals surface area contributed by atoms with E-state index in [4.69, 9.17) is 0 Å². The van der Waals surface area contributed by atoms with E-state index in [0.717, 1.165) is 25.3 Å². The second-order valence-electron chi connectivity index (χ2n) is 3.18. The number of rotatable bonds is 5. The van der Waals surface area contributed by atoms with Gasteiger partial charge >= 0.3 is 0 Å². The van der Waals surface area contributed by atoms with Crippen molar-refractivity contribution in [3.05, 3.63) is 17.5 Å². The van der Waals surface area contributed by atoms with Crippen LogP contribution in [0.2, 0.25) is 0 Å². The SMILES string of the molecule is CNCCNCc1cc(C)nn1C. The molecule has 1 aromatic heterocycles. The van der Waals surface area contributed by atoms with E-state index < -0.39 is 0 Å². The molecule has 0 aliphatic carbocycles. The lowest BCUT2D eigenvalue weighted by Gasteiger charge is -2.03. The molecule has 1 heterocycles. The number of likely N-dealkylation sites (N-methyl/N-ethyl adjacent to an activating group) is 1. The van der Waals surface area contributed by atoms with Crippen molar-refractivity contribution in [2.75, 3.05) is 20.1 Å². The van der Waals surface area contributed by atoms with Crippen molar-refractivity contribution in [3.8, 4) is 0 Å². The number of aromatic nitrogens is 2. The molecule has 4 nitrogen and oxygen atoms in total. The van der Waals surface area contributed by atoms with Crippen molar-refractivity contribution in [3.63, 3.8) is 0 Å². The van der Waals surface area contributed by atoms with Gasteiger partial charge in [0, 0.05) is 26.7 Å². The number of aryl methyl sites for hydroxylation is 2. The van der Waals surface area contributed by atoms with Gasteiger partial charge in [-0.25, -0.2) is 0 Å². The summed E-state index contributed by atoms with van der Waals surface area (Å²) in [4.78, 5) is 0. The maximum absolute atomic E-state index is 4.27. The fourth-order valence-corrected chi connectivity index (χ4v) is 1.26. The molecule has 0 amide bonds. The van der Waals surface area contributed by atoms with Crippen molar-refractivity contribution in [2.45, 2.75) is 13.5 Å². The Balaban J connectivity index is 2.32. The molecule has 1 aromatic rings. The van der Waals surface area contributed by atoms with E-state index in [1.54, 1.807) is 0 Å². The van der Waals surface area contributed by atoms with Gasteiger partial charge in [0.05, 0.1) is 11.4 Å². The minimum Gasteiger partial charge on any atom is -0.318 e. The van der Waals surface area contributed by atoms with Gasteiger partial charge in [0.25, 0.3) is 0 Å². The van der Waals surface area contributed by atoms with E-state index in [2.05, 4.69) is 21.8 Å². The lowest BCUT2D eigenvalue weighted by molar-refractivity contribution is 0.608. The summed E-state index contributed by atoms with van der Waals surface area (Å²) in [5.41, 5.74) is 2.31. The quantitative estimate of drug-likeness (QED) is 0.632. The van der Waals surface area contributed by atoms with Crippen LogP contribution < -0.4 is 10.6 Å². The highest BCUT2D eigenvalue weighted by atomic mass is 15.3. The predicted molar refractivity (Wildman–Crippen MR) is 53.6 cm³/mol. The number of hydrogen-bond acceptors (Lipinski definition) is 3. The van der Waals surface area contributed by atoms with E-state index in [-0.39, 0.29) is 0 Å². The Morgan fingerprint density at radius 3 is 2.77 bits per heavy atom. The third-order valence-electron chi connectivity index (χ3n) is 1.96. The van der Waals surface area contributed by atoms with Gasteiger partial charge in [0.1, 0.15) is 0 Å².